The molecule has 1 atom stereocenters. The number of halogens is 3. The van der Waals surface area contributed by atoms with Gasteiger partial charge >= 0.3 is 0 Å². The smallest absolute Gasteiger partial charge is 0.176 e. The number of likely N-dealkylation sites (tertiary alicyclic amines) is 1. The van der Waals surface area contributed by atoms with E-state index in [0.717, 1.165) is 41.1 Å². The van der Waals surface area contributed by atoms with Crippen molar-refractivity contribution in [3.8, 4) is 0 Å². The Bertz CT molecular complexity index is 1450. The Morgan fingerprint density at radius 3 is 1.77 bits per heavy atom. The van der Waals surface area contributed by atoms with E-state index in [1.54, 1.807) is 0 Å². The second-order valence-electron chi connectivity index (χ2n) is 11.1. The molecule has 3 aromatic carbocycles. The minimum absolute atomic E-state index is 0.0239. The molecule has 1 saturated heterocycles. The van der Waals surface area contributed by atoms with E-state index in [9.17, 15) is 17.2 Å². The second kappa shape index (κ2) is 11.1. The Labute approximate surface area is 235 Å². The Morgan fingerprint density at radius 2 is 1.33 bits per heavy atom. The molecule has 8 heteroatoms. The van der Waals surface area contributed by atoms with Crippen molar-refractivity contribution >= 4 is 26.3 Å². The molecule has 1 heterocycles. The van der Waals surface area contributed by atoms with E-state index in [1.165, 1.54) is 0 Å². The van der Waals surface area contributed by atoms with Gasteiger partial charge in [0.25, 0.3) is 0 Å². The fraction of sp³-hybridized carbons (Fsp3) is 0.355. The fourth-order valence-corrected chi connectivity index (χ4v) is 7.01. The Balaban J connectivity index is 1.74. The van der Waals surface area contributed by atoms with Crippen LogP contribution >= 0.6 is 11.6 Å². The van der Waals surface area contributed by atoms with Crippen molar-refractivity contribution in [2.75, 3.05) is 19.3 Å². The van der Waals surface area contributed by atoms with Gasteiger partial charge in [-0.05, 0) is 63.9 Å². The highest BCUT2D eigenvalue weighted by atomic mass is 35.5. The van der Waals surface area contributed by atoms with Crippen LogP contribution in [0, 0.1) is 23.5 Å². The lowest BCUT2D eigenvalue weighted by Crippen LogP contribution is -2.47. The molecule has 1 aliphatic rings. The molecule has 0 spiro atoms. The summed E-state index contributed by atoms with van der Waals surface area (Å²) in [5.41, 5.74) is 10.1. The van der Waals surface area contributed by atoms with E-state index in [-0.39, 0.29) is 28.3 Å². The average molecular weight is 573 g/mol. The summed E-state index contributed by atoms with van der Waals surface area (Å²) in [5, 5.41) is 0.617. The SMILES string of the molecule is CC(C)C(N)(c1ccc([C@@H](c2ccc(Cl)cc2)N2CC(=C(c3cc(F)cc(F)c3)S(C)(=O)=O)C2)cc1)C(C)C. The number of nitrogens with zero attached hydrogens (tertiary/aromatic N) is 1. The van der Waals surface area contributed by atoms with Gasteiger partial charge in [-0.25, -0.2) is 17.2 Å². The number of nitrogens with two attached hydrogens (primary N) is 1. The molecule has 208 valence electrons. The van der Waals surface area contributed by atoms with E-state index in [0.29, 0.717) is 23.7 Å². The van der Waals surface area contributed by atoms with Crippen LogP contribution in [0.1, 0.15) is 56.0 Å². The highest BCUT2D eigenvalue weighted by Gasteiger charge is 2.37. The summed E-state index contributed by atoms with van der Waals surface area (Å²) in [7, 11) is -3.75. The van der Waals surface area contributed by atoms with E-state index >= 15 is 0 Å². The summed E-state index contributed by atoms with van der Waals surface area (Å²) in [6, 6.07) is 18.5. The topological polar surface area (TPSA) is 63.4 Å². The summed E-state index contributed by atoms with van der Waals surface area (Å²) in [6.45, 7) is 9.16. The molecule has 1 fully saturated rings. The number of rotatable bonds is 8. The van der Waals surface area contributed by atoms with E-state index < -0.39 is 27.0 Å². The maximum Gasteiger partial charge on any atom is 0.176 e. The van der Waals surface area contributed by atoms with Gasteiger partial charge in [0.2, 0.25) is 0 Å². The van der Waals surface area contributed by atoms with Crippen molar-refractivity contribution in [2.45, 2.75) is 39.3 Å². The molecule has 4 rings (SSSR count). The van der Waals surface area contributed by atoms with Gasteiger partial charge in [-0.3, -0.25) is 4.90 Å². The minimum Gasteiger partial charge on any atom is -0.321 e. The molecular weight excluding hydrogens is 538 g/mol. The van der Waals surface area contributed by atoms with Crippen molar-refractivity contribution < 1.29 is 17.2 Å². The maximum absolute atomic E-state index is 14.0. The highest BCUT2D eigenvalue weighted by Crippen LogP contribution is 2.40. The van der Waals surface area contributed by atoms with Crippen LogP contribution in [0.5, 0.6) is 0 Å². The zero-order valence-corrected chi connectivity index (χ0v) is 24.5. The third kappa shape index (κ3) is 5.97. The lowest BCUT2D eigenvalue weighted by molar-refractivity contribution is 0.202. The van der Waals surface area contributed by atoms with E-state index in [1.807, 2.05) is 24.3 Å². The summed E-state index contributed by atoms with van der Waals surface area (Å²) < 4.78 is 53.4. The third-order valence-corrected chi connectivity index (χ3v) is 9.31. The Hall–Kier alpha value is -2.58. The monoisotopic (exact) mass is 572 g/mol. The van der Waals surface area contributed by atoms with Gasteiger partial charge in [-0.15, -0.1) is 0 Å². The molecule has 4 nitrogen and oxygen atoms in total. The molecule has 3 aromatic rings. The lowest BCUT2D eigenvalue weighted by Gasteiger charge is -2.42. The van der Waals surface area contributed by atoms with Crippen LogP contribution in [0.25, 0.3) is 4.91 Å². The molecule has 0 aliphatic carbocycles. The maximum atomic E-state index is 14.0. The van der Waals surface area contributed by atoms with Crippen molar-refractivity contribution in [2.24, 2.45) is 17.6 Å². The highest BCUT2D eigenvalue weighted by molar-refractivity contribution is 8.00. The first-order valence-corrected chi connectivity index (χ1v) is 15.3. The van der Waals surface area contributed by atoms with Crippen LogP contribution in [0.3, 0.4) is 0 Å². The molecule has 0 amide bonds. The molecular formula is C31H35ClF2N2O2S. The summed E-state index contributed by atoms with van der Waals surface area (Å²) in [6.07, 6.45) is 1.07. The Kier molecular flexibility index (Phi) is 8.39. The molecule has 0 bridgehead atoms. The molecule has 0 saturated carbocycles. The van der Waals surface area contributed by atoms with Crippen molar-refractivity contribution in [3.63, 3.8) is 0 Å². The van der Waals surface area contributed by atoms with Crippen LogP contribution in [-0.4, -0.2) is 32.7 Å². The Morgan fingerprint density at radius 1 is 0.872 bits per heavy atom. The van der Waals surface area contributed by atoms with Gasteiger partial charge < -0.3 is 5.73 Å². The van der Waals surface area contributed by atoms with E-state index in [2.05, 4.69) is 56.9 Å². The molecule has 0 radical (unpaired) electrons. The largest absolute Gasteiger partial charge is 0.321 e. The number of sulfone groups is 1. The third-order valence-electron chi connectivity index (χ3n) is 7.79. The number of hydrogen-bond acceptors (Lipinski definition) is 4. The number of hydrogen-bond donors (Lipinski definition) is 1. The second-order valence-corrected chi connectivity index (χ2v) is 13.5. The minimum atomic E-state index is -3.75. The molecule has 1 aliphatic heterocycles. The zero-order chi connectivity index (χ0) is 28.7. The first-order chi connectivity index (χ1) is 18.2. The quantitative estimate of drug-likeness (QED) is 0.317. The fourth-order valence-electron chi connectivity index (χ4n) is 5.68. The van der Waals surface area contributed by atoms with Crippen LogP contribution in [0.2, 0.25) is 5.02 Å². The van der Waals surface area contributed by atoms with Crippen molar-refractivity contribution in [1.82, 2.24) is 4.90 Å². The molecule has 0 aromatic heterocycles. The summed E-state index contributed by atoms with van der Waals surface area (Å²) in [5.74, 6) is -1.16. The van der Waals surface area contributed by atoms with Crippen molar-refractivity contribution in [1.29, 1.82) is 0 Å². The van der Waals surface area contributed by atoms with Crippen LogP contribution in [0.15, 0.2) is 72.3 Å². The lowest BCUT2D eigenvalue weighted by atomic mass is 9.72. The molecule has 39 heavy (non-hydrogen) atoms. The zero-order valence-electron chi connectivity index (χ0n) is 22.9. The average Bonchev–Trinajstić information content (AvgIpc) is 2.81. The number of benzene rings is 3. The normalized spacial score (nSPS) is 15.5. The summed E-state index contributed by atoms with van der Waals surface area (Å²) >= 11 is 6.17. The summed E-state index contributed by atoms with van der Waals surface area (Å²) in [4.78, 5) is 2.11. The van der Waals surface area contributed by atoms with Crippen LogP contribution in [-0.2, 0) is 15.4 Å². The van der Waals surface area contributed by atoms with Gasteiger partial charge in [0.15, 0.2) is 9.84 Å². The predicted octanol–water partition coefficient (Wildman–Crippen LogP) is 6.95. The van der Waals surface area contributed by atoms with Gasteiger partial charge in [0.05, 0.1) is 10.9 Å². The van der Waals surface area contributed by atoms with Gasteiger partial charge in [0.1, 0.15) is 11.6 Å². The van der Waals surface area contributed by atoms with E-state index in [4.69, 9.17) is 17.3 Å². The van der Waals surface area contributed by atoms with Crippen LogP contribution in [0.4, 0.5) is 8.78 Å². The first kappa shape index (κ1) is 29.4. The van der Waals surface area contributed by atoms with Gasteiger partial charge in [-0.1, -0.05) is 75.7 Å². The molecule has 2 N–H and O–H groups in total. The van der Waals surface area contributed by atoms with Gasteiger partial charge in [-0.2, -0.15) is 0 Å². The standard InChI is InChI=1S/C31H35ClF2N2O2S/c1-19(2)31(35,20(3)4)25-10-6-21(7-11-25)29(22-8-12-26(32)13-9-22)36-17-24(18-36)30(39(5,37)38)23-14-27(33)16-28(34)15-23/h6-16,19-20,29H,17-18,35H2,1-5H3/t29-/m0/s1. The van der Waals surface area contributed by atoms with Crippen molar-refractivity contribution in [3.05, 3.63) is 111 Å². The first-order valence-electron chi connectivity index (χ1n) is 13.0. The van der Waals surface area contributed by atoms with Gasteiger partial charge in [0, 0.05) is 36.0 Å². The predicted molar refractivity (Wildman–Crippen MR) is 155 cm³/mol. The van der Waals surface area contributed by atoms with Crippen LogP contribution < -0.4 is 5.73 Å². The molecule has 0 unspecified atom stereocenters.